The van der Waals surface area contributed by atoms with Gasteiger partial charge in [-0.3, -0.25) is 0 Å². The standard InChI is InChI=1S/C25H35F3N7O2PS/c1-16-12-35(38(6,7)14-16)22-18(23(36)32-39-19-13-33(5)30-17(19)2)8-9-20(29-22)34-11-10-21(31-34)37-15-24(3,4)25(26,27)28/h8-11,13,16,38H,12,14-15H2,1-7H3,(H,32,36). The van der Waals surface area contributed by atoms with E-state index in [4.69, 9.17) is 9.72 Å². The van der Waals surface area contributed by atoms with E-state index >= 15 is 0 Å². The Hall–Kier alpha value is -2.79. The summed E-state index contributed by atoms with van der Waals surface area (Å²) in [5.74, 6) is 1.25. The molecule has 1 aliphatic rings. The van der Waals surface area contributed by atoms with Gasteiger partial charge in [0.2, 0.25) is 0 Å². The predicted molar refractivity (Wildman–Crippen MR) is 149 cm³/mol. The van der Waals surface area contributed by atoms with E-state index in [1.807, 2.05) is 20.2 Å². The second-order valence-corrected chi connectivity index (χ2v) is 16.7. The van der Waals surface area contributed by atoms with Crippen LogP contribution in [0.25, 0.3) is 5.82 Å². The summed E-state index contributed by atoms with van der Waals surface area (Å²) in [7, 11) is -0.0805. The number of carbonyl (C=O) groups is 1. The molecule has 1 unspecified atom stereocenters. The van der Waals surface area contributed by atoms with Crippen LogP contribution in [0.5, 0.6) is 5.88 Å². The predicted octanol–water partition coefficient (Wildman–Crippen LogP) is 5.09. The molecule has 0 spiro atoms. The second kappa shape index (κ2) is 10.6. The molecule has 0 radical (unpaired) electrons. The molecular weight excluding hydrogens is 550 g/mol. The van der Waals surface area contributed by atoms with Gasteiger partial charge in [0.1, 0.15) is 0 Å². The number of pyridine rings is 1. The van der Waals surface area contributed by atoms with Crippen LogP contribution in [0.2, 0.25) is 0 Å². The first-order valence-corrected chi connectivity index (χ1v) is 16.6. The van der Waals surface area contributed by atoms with Gasteiger partial charge in [0, 0.05) is 0 Å². The van der Waals surface area contributed by atoms with Gasteiger partial charge in [0.15, 0.2) is 0 Å². The number of nitrogens with zero attached hydrogens (tertiary/aromatic N) is 6. The average Bonchev–Trinajstić information content (AvgIpc) is 3.51. The van der Waals surface area contributed by atoms with Crippen LogP contribution in [0.4, 0.5) is 19.0 Å². The molecule has 1 atom stereocenters. The zero-order chi connectivity index (χ0) is 28.8. The van der Waals surface area contributed by atoms with Gasteiger partial charge in [-0.05, 0) is 0 Å². The zero-order valence-corrected chi connectivity index (χ0v) is 24.9. The van der Waals surface area contributed by atoms with Crippen LogP contribution in [-0.4, -0.2) is 69.3 Å². The number of hydrogen-bond acceptors (Lipinski definition) is 7. The molecule has 39 heavy (non-hydrogen) atoms. The van der Waals surface area contributed by atoms with Crippen molar-refractivity contribution in [3.8, 4) is 11.7 Å². The fourth-order valence-electron chi connectivity index (χ4n) is 4.59. The number of aryl methyl sites for hydroxylation is 2. The maximum atomic E-state index is 13.4. The summed E-state index contributed by atoms with van der Waals surface area (Å²) >= 11 is 1.20. The van der Waals surface area contributed by atoms with Gasteiger partial charge < -0.3 is 0 Å². The summed E-state index contributed by atoms with van der Waals surface area (Å²) < 4.78 is 53.3. The van der Waals surface area contributed by atoms with Crippen molar-refractivity contribution < 1.29 is 22.7 Å². The summed E-state index contributed by atoms with van der Waals surface area (Å²) in [4.78, 5) is 19.1. The average molecular weight is 586 g/mol. The Kier molecular flexibility index (Phi) is 7.97. The molecule has 214 valence electrons. The van der Waals surface area contributed by atoms with Crippen molar-refractivity contribution in [1.82, 2.24) is 29.3 Å². The number of hydrogen-bond donors (Lipinski definition) is 1. The third-order valence-corrected chi connectivity index (χ3v) is 11.3. The first-order chi connectivity index (χ1) is 18.1. The van der Waals surface area contributed by atoms with E-state index in [9.17, 15) is 18.0 Å². The van der Waals surface area contributed by atoms with Crippen molar-refractivity contribution in [3.05, 3.63) is 41.9 Å². The summed E-state index contributed by atoms with van der Waals surface area (Å²) in [5, 5.41) is 8.60. The molecule has 1 aliphatic heterocycles. The van der Waals surface area contributed by atoms with Crippen molar-refractivity contribution >= 4 is 31.1 Å². The molecule has 3 aromatic rings. The Morgan fingerprint density at radius 1 is 1.23 bits per heavy atom. The zero-order valence-electron chi connectivity index (χ0n) is 23.1. The molecule has 3 aromatic heterocycles. The molecule has 1 saturated heterocycles. The molecule has 0 aromatic carbocycles. The summed E-state index contributed by atoms with van der Waals surface area (Å²) in [6, 6.07) is 4.88. The molecular formula is C25H35F3N7O2PS. The molecule has 0 saturated carbocycles. The Morgan fingerprint density at radius 2 is 1.95 bits per heavy atom. The minimum atomic E-state index is -4.40. The van der Waals surface area contributed by atoms with Gasteiger partial charge in [-0.1, -0.05) is 0 Å². The first kappa shape index (κ1) is 29.2. The van der Waals surface area contributed by atoms with Crippen LogP contribution in [-0.2, 0) is 7.05 Å². The van der Waals surface area contributed by atoms with Gasteiger partial charge in [0.25, 0.3) is 0 Å². The topological polar surface area (TPSA) is 90.1 Å². The number of amides is 1. The number of ether oxygens (including phenoxy) is 1. The molecule has 1 amide bonds. The number of alkyl halides is 3. The van der Waals surface area contributed by atoms with Crippen molar-refractivity contribution in [2.45, 2.75) is 38.8 Å². The van der Waals surface area contributed by atoms with Crippen molar-refractivity contribution in [3.63, 3.8) is 0 Å². The van der Waals surface area contributed by atoms with Crippen LogP contribution in [0.3, 0.4) is 0 Å². The normalized spacial score (nSPS) is 18.3. The molecule has 9 nitrogen and oxygen atoms in total. The van der Waals surface area contributed by atoms with Gasteiger partial charge in [-0.2, -0.15) is 0 Å². The Balaban J connectivity index is 1.61. The van der Waals surface area contributed by atoms with Crippen LogP contribution >= 0.6 is 19.4 Å². The third kappa shape index (κ3) is 6.35. The number of aromatic nitrogens is 5. The molecule has 4 heterocycles. The molecule has 14 heteroatoms. The SMILES string of the molecule is Cc1nn(C)cc1SNC(=O)c1ccc(-n2ccc(OCC(C)(C)C(F)(F)F)n2)nc1N1CC(C)C[PH]1(C)C. The Morgan fingerprint density at radius 3 is 2.54 bits per heavy atom. The fraction of sp³-hybridized carbons (Fsp3) is 0.520. The van der Waals surface area contributed by atoms with E-state index in [0.29, 0.717) is 23.1 Å². The maximum absolute atomic E-state index is 13.4. The molecule has 0 bridgehead atoms. The molecule has 0 aliphatic carbocycles. The number of halogens is 3. The van der Waals surface area contributed by atoms with Gasteiger partial charge in [-0.15, -0.1) is 0 Å². The number of anilines is 1. The summed E-state index contributed by atoms with van der Waals surface area (Å²) in [6.45, 7) is 11.0. The van der Waals surface area contributed by atoms with Crippen LogP contribution in [0, 0.1) is 18.3 Å². The third-order valence-electron chi connectivity index (χ3n) is 6.80. The minimum absolute atomic E-state index is 0.0604. The van der Waals surface area contributed by atoms with Gasteiger partial charge in [0.05, 0.1) is 0 Å². The second-order valence-electron chi connectivity index (χ2n) is 11.3. The number of nitrogens with one attached hydrogen (secondary N) is 1. The number of carbonyl (C=O) groups excluding carboxylic acids is 1. The van der Waals surface area contributed by atoms with E-state index in [1.54, 1.807) is 23.0 Å². The monoisotopic (exact) mass is 585 g/mol. The fourth-order valence-corrected chi connectivity index (χ4v) is 8.90. The van der Waals surface area contributed by atoms with Gasteiger partial charge in [-0.25, -0.2) is 0 Å². The van der Waals surface area contributed by atoms with Crippen LogP contribution < -0.4 is 14.1 Å². The van der Waals surface area contributed by atoms with E-state index in [0.717, 1.165) is 37.1 Å². The van der Waals surface area contributed by atoms with E-state index in [2.05, 4.69) is 39.8 Å². The Labute approximate surface area is 231 Å². The summed E-state index contributed by atoms with van der Waals surface area (Å²) in [5.41, 5.74) is -0.765. The van der Waals surface area contributed by atoms with E-state index in [-0.39, 0.29) is 11.8 Å². The Bertz CT molecular complexity index is 1360. The molecule has 1 N–H and O–H groups in total. The first-order valence-electron chi connectivity index (χ1n) is 12.6. The molecule has 1 fully saturated rings. The van der Waals surface area contributed by atoms with Crippen molar-refractivity contribution in [1.29, 1.82) is 0 Å². The van der Waals surface area contributed by atoms with Crippen LogP contribution in [0.15, 0.2) is 35.5 Å². The quantitative estimate of drug-likeness (QED) is 0.291. The van der Waals surface area contributed by atoms with Crippen LogP contribution in [0.1, 0.15) is 36.8 Å². The van der Waals surface area contributed by atoms with E-state index < -0.39 is 25.6 Å². The number of rotatable bonds is 8. The van der Waals surface area contributed by atoms with Crippen molar-refractivity contribution in [2.75, 3.05) is 37.3 Å². The van der Waals surface area contributed by atoms with Gasteiger partial charge >= 0.3 is 231 Å². The molecule has 4 rings (SSSR count). The van der Waals surface area contributed by atoms with E-state index in [1.165, 1.54) is 22.7 Å². The van der Waals surface area contributed by atoms with Crippen molar-refractivity contribution in [2.24, 2.45) is 18.4 Å². The summed E-state index contributed by atoms with van der Waals surface area (Å²) in [6.07, 6.45) is 0.0875.